The summed E-state index contributed by atoms with van der Waals surface area (Å²) in [5, 5.41) is 3.09. The lowest BCUT2D eigenvalue weighted by molar-refractivity contribution is -0.143. The van der Waals surface area contributed by atoms with Gasteiger partial charge in [-0.15, -0.1) is 0 Å². The SMILES string of the molecule is CCOC(=O)CCCNC1CCN(c2nc(-c3cc(F)c(Cl)cc3F)nc3c2CS(=O)(=O)C3)CC1. The van der Waals surface area contributed by atoms with Crippen LogP contribution in [0.4, 0.5) is 14.6 Å². The fourth-order valence-corrected chi connectivity index (χ4v) is 6.05. The molecule has 0 bridgehead atoms. The zero-order valence-electron chi connectivity index (χ0n) is 19.3. The number of hydrogen-bond acceptors (Lipinski definition) is 8. The second kappa shape index (κ2) is 10.7. The number of halogens is 3. The molecular weight excluding hydrogens is 502 g/mol. The number of fused-ring (bicyclic) bond motifs is 1. The molecule has 2 aromatic rings. The first kappa shape index (κ1) is 25.7. The van der Waals surface area contributed by atoms with Gasteiger partial charge in [-0.05, 0) is 44.9 Å². The van der Waals surface area contributed by atoms with Crippen LogP contribution in [0.5, 0.6) is 0 Å². The number of carbonyl (C=O) groups excluding carboxylic acids is 1. The number of carbonyl (C=O) groups is 1. The van der Waals surface area contributed by atoms with Crippen LogP contribution in [-0.4, -0.2) is 56.6 Å². The molecule has 3 heterocycles. The molecular formula is C23H27ClF2N4O4S. The summed E-state index contributed by atoms with van der Waals surface area (Å²) >= 11 is 5.67. The van der Waals surface area contributed by atoms with E-state index in [1.54, 1.807) is 6.92 Å². The lowest BCUT2D eigenvalue weighted by Crippen LogP contribution is -2.43. The molecule has 0 aliphatic carbocycles. The highest BCUT2D eigenvalue weighted by Gasteiger charge is 2.33. The molecule has 8 nitrogen and oxygen atoms in total. The molecule has 12 heteroatoms. The first-order chi connectivity index (χ1) is 16.7. The van der Waals surface area contributed by atoms with Crippen molar-refractivity contribution in [3.63, 3.8) is 0 Å². The van der Waals surface area contributed by atoms with Gasteiger partial charge in [-0.25, -0.2) is 27.2 Å². The second-order valence-corrected chi connectivity index (χ2v) is 11.2. The normalized spacial score (nSPS) is 17.4. The number of benzene rings is 1. The maximum atomic E-state index is 14.6. The summed E-state index contributed by atoms with van der Waals surface area (Å²) in [5.41, 5.74) is 0.668. The van der Waals surface area contributed by atoms with Crippen molar-refractivity contribution in [1.82, 2.24) is 15.3 Å². The zero-order valence-corrected chi connectivity index (χ0v) is 20.9. The van der Waals surface area contributed by atoms with E-state index in [4.69, 9.17) is 16.3 Å². The predicted molar refractivity (Wildman–Crippen MR) is 128 cm³/mol. The summed E-state index contributed by atoms with van der Waals surface area (Å²) in [6, 6.07) is 2.03. The van der Waals surface area contributed by atoms with Crippen molar-refractivity contribution < 1.29 is 26.7 Å². The molecule has 4 rings (SSSR count). The average molecular weight is 529 g/mol. The summed E-state index contributed by atoms with van der Waals surface area (Å²) in [6.45, 7) is 4.06. The molecule has 1 aromatic carbocycles. The number of piperidine rings is 1. The summed E-state index contributed by atoms with van der Waals surface area (Å²) in [5.74, 6) is -1.86. The first-order valence-corrected chi connectivity index (χ1v) is 13.8. The molecule has 1 aromatic heterocycles. The first-order valence-electron chi connectivity index (χ1n) is 11.6. The molecule has 0 unspecified atom stereocenters. The van der Waals surface area contributed by atoms with E-state index >= 15 is 0 Å². The summed E-state index contributed by atoms with van der Waals surface area (Å²) < 4.78 is 58.3. The molecule has 0 radical (unpaired) electrons. The number of rotatable bonds is 8. The van der Waals surface area contributed by atoms with Crippen LogP contribution < -0.4 is 10.2 Å². The van der Waals surface area contributed by atoms with Gasteiger partial charge in [-0.3, -0.25) is 4.79 Å². The van der Waals surface area contributed by atoms with Crippen molar-refractivity contribution in [1.29, 1.82) is 0 Å². The topological polar surface area (TPSA) is 101 Å². The van der Waals surface area contributed by atoms with Gasteiger partial charge in [0.2, 0.25) is 0 Å². The van der Waals surface area contributed by atoms with Gasteiger partial charge < -0.3 is 15.0 Å². The quantitative estimate of drug-likeness (QED) is 0.316. The largest absolute Gasteiger partial charge is 0.466 e. The molecule has 1 fully saturated rings. The van der Waals surface area contributed by atoms with Crippen molar-refractivity contribution >= 4 is 33.2 Å². The van der Waals surface area contributed by atoms with Crippen LogP contribution in [-0.2, 0) is 30.9 Å². The van der Waals surface area contributed by atoms with E-state index in [1.807, 2.05) is 4.90 Å². The number of aromatic nitrogens is 2. The van der Waals surface area contributed by atoms with Gasteiger partial charge in [0.05, 0.1) is 34.4 Å². The van der Waals surface area contributed by atoms with Crippen LogP contribution in [0.15, 0.2) is 12.1 Å². The molecule has 1 saturated heterocycles. The zero-order chi connectivity index (χ0) is 25.2. The Hall–Kier alpha value is -2.37. The van der Waals surface area contributed by atoms with E-state index in [0.29, 0.717) is 56.2 Å². The Morgan fingerprint density at radius 2 is 1.94 bits per heavy atom. The number of nitrogens with one attached hydrogen (secondary N) is 1. The number of nitrogens with zero attached hydrogens (tertiary/aromatic N) is 3. The third-order valence-corrected chi connectivity index (χ3v) is 7.86. The van der Waals surface area contributed by atoms with E-state index < -0.39 is 21.5 Å². The molecule has 2 aliphatic rings. The van der Waals surface area contributed by atoms with Gasteiger partial charge in [-0.2, -0.15) is 0 Å². The maximum Gasteiger partial charge on any atom is 0.305 e. The predicted octanol–water partition coefficient (Wildman–Crippen LogP) is 3.41. The molecule has 0 amide bonds. The molecule has 0 saturated carbocycles. The highest BCUT2D eigenvalue weighted by molar-refractivity contribution is 7.90. The molecule has 0 spiro atoms. The van der Waals surface area contributed by atoms with Crippen LogP contribution in [0.25, 0.3) is 11.4 Å². The van der Waals surface area contributed by atoms with E-state index in [1.165, 1.54) is 0 Å². The monoisotopic (exact) mass is 528 g/mol. The van der Waals surface area contributed by atoms with Crippen LogP contribution >= 0.6 is 11.6 Å². The Labute approximate surface area is 208 Å². The summed E-state index contributed by atoms with van der Waals surface area (Å²) in [4.78, 5) is 22.2. The highest BCUT2D eigenvalue weighted by atomic mass is 35.5. The van der Waals surface area contributed by atoms with E-state index in [-0.39, 0.29) is 39.9 Å². The molecule has 190 valence electrons. The summed E-state index contributed by atoms with van der Waals surface area (Å²) in [6.07, 6.45) is 2.61. The standard InChI is InChI=1S/C23H27ClF2N4O4S/c1-2-34-21(31)4-3-7-27-14-5-8-30(9-6-14)23-16-12-35(32,33)13-20(16)28-22(29-23)15-10-19(26)17(24)11-18(15)25/h10-11,14,27H,2-9,12-13H2,1H3. The third kappa shape index (κ3) is 6.07. The van der Waals surface area contributed by atoms with Crippen molar-refractivity contribution in [2.24, 2.45) is 0 Å². The Kier molecular flexibility index (Phi) is 7.87. The van der Waals surface area contributed by atoms with Gasteiger partial charge in [0.1, 0.15) is 17.5 Å². The van der Waals surface area contributed by atoms with Gasteiger partial charge in [-0.1, -0.05) is 11.6 Å². The molecule has 2 aliphatic heterocycles. The van der Waals surface area contributed by atoms with Crippen LogP contribution in [0.3, 0.4) is 0 Å². The lowest BCUT2D eigenvalue weighted by Gasteiger charge is -2.34. The fraction of sp³-hybridized carbons (Fsp3) is 0.522. The van der Waals surface area contributed by atoms with Gasteiger partial charge in [0, 0.05) is 31.1 Å². The molecule has 0 atom stereocenters. The Bertz CT molecular complexity index is 1220. The molecule has 1 N–H and O–H groups in total. The molecule has 35 heavy (non-hydrogen) atoms. The minimum absolute atomic E-state index is 0.0665. The highest BCUT2D eigenvalue weighted by Crippen LogP contribution is 2.35. The van der Waals surface area contributed by atoms with Crippen LogP contribution in [0, 0.1) is 11.6 Å². The van der Waals surface area contributed by atoms with Crippen molar-refractivity contribution in [2.75, 3.05) is 31.1 Å². The van der Waals surface area contributed by atoms with E-state index in [0.717, 1.165) is 25.0 Å². The fourth-order valence-electron chi connectivity index (χ4n) is 4.41. The minimum Gasteiger partial charge on any atom is -0.466 e. The maximum absolute atomic E-state index is 14.6. The second-order valence-electron chi connectivity index (χ2n) is 8.70. The number of sulfone groups is 1. The lowest BCUT2D eigenvalue weighted by atomic mass is 10.0. The van der Waals surface area contributed by atoms with Crippen LogP contribution in [0.2, 0.25) is 5.02 Å². The van der Waals surface area contributed by atoms with Crippen molar-refractivity contribution in [3.8, 4) is 11.4 Å². The van der Waals surface area contributed by atoms with E-state index in [2.05, 4.69) is 15.3 Å². The number of hydrogen-bond donors (Lipinski definition) is 1. The van der Waals surface area contributed by atoms with Gasteiger partial charge >= 0.3 is 5.97 Å². The van der Waals surface area contributed by atoms with Gasteiger partial charge in [0.15, 0.2) is 15.7 Å². The smallest absolute Gasteiger partial charge is 0.305 e. The number of ether oxygens (including phenoxy) is 1. The third-order valence-electron chi connectivity index (χ3n) is 6.13. The van der Waals surface area contributed by atoms with E-state index in [9.17, 15) is 22.0 Å². The van der Waals surface area contributed by atoms with Gasteiger partial charge in [0.25, 0.3) is 0 Å². The number of esters is 1. The Morgan fingerprint density at radius 3 is 2.66 bits per heavy atom. The summed E-state index contributed by atoms with van der Waals surface area (Å²) in [7, 11) is -3.40. The number of anilines is 1. The Morgan fingerprint density at radius 1 is 1.20 bits per heavy atom. The van der Waals surface area contributed by atoms with Crippen LogP contribution in [0.1, 0.15) is 43.9 Å². The van der Waals surface area contributed by atoms with Crippen molar-refractivity contribution in [2.45, 2.75) is 50.2 Å². The average Bonchev–Trinajstić information content (AvgIpc) is 3.13. The van der Waals surface area contributed by atoms with Crippen molar-refractivity contribution in [3.05, 3.63) is 40.0 Å². The Balaban J connectivity index is 1.49. The minimum atomic E-state index is -3.40.